The van der Waals surface area contributed by atoms with Gasteiger partial charge in [-0.3, -0.25) is 9.59 Å². The summed E-state index contributed by atoms with van der Waals surface area (Å²) in [6.07, 6.45) is 0.914. The van der Waals surface area contributed by atoms with E-state index in [1.807, 2.05) is 36.4 Å². The Balaban J connectivity index is 1.72. The number of benzene rings is 2. The number of carbonyl (C=O) groups excluding carboxylic acids is 2. The minimum absolute atomic E-state index is 0.121. The molecule has 2 amide bonds. The number of rotatable bonds is 6. The molecule has 1 aliphatic carbocycles. The molecule has 1 heterocycles. The predicted molar refractivity (Wildman–Crippen MR) is 109 cm³/mol. The highest BCUT2D eigenvalue weighted by Crippen LogP contribution is 2.45. The number of nitrogens with one attached hydrogen (secondary N) is 2. The largest absolute Gasteiger partial charge is 0.491 e. The van der Waals surface area contributed by atoms with Gasteiger partial charge in [-0.2, -0.15) is 0 Å². The van der Waals surface area contributed by atoms with Crippen LogP contribution in [-0.4, -0.2) is 45.2 Å². The molecule has 152 valence electrons. The average Bonchev–Trinajstić information content (AvgIpc) is 3.38. The van der Waals surface area contributed by atoms with Crippen LogP contribution >= 0.6 is 0 Å². The molecule has 0 aromatic heterocycles. The maximum atomic E-state index is 12.9. The van der Waals surface area contributed by atoms with E-state index in [0.29, 0.717) is 36.0 Å². The van der Waals surface area contributed by atoms with Crippen LogP contribution in [0.15, 0.2) is 42.5 Å². The molecular formula is C23H26N2O4. The molecule has 0 unspecified atom stereocenters. The van der Waals surface area contributed by atoms with E-state index in [-0.39, 0.29) is 17.9 Å². The van der Waals surface area contributed by atoms with Crippen molar-refractivity contribution in [2.24, 2.45) is 5.92 Å². The van der Waals surface area contributed by atoms with Gasteiger partial charge in [0, 0.05) is 37.2 Å². The lowest BCUT2D eigenvalue weighted by Crippen LogP contribution is -2.29. The Morgan fingerprint density at radius 2 is 1.97 bits per heavy atom. The van der Waals surface area contributed by atoms with E-state index in [1.54, 1.807) is 20.2 Å². The van der Waals surface area contributed by atoms with Gasteiger partial charge in [0.1, 0.15) is 12.4 Å². The quantitative estimate of drug-likeness (QED) is 0.789. The van der Waals surface area contributed by atoms with Gasteiger partial charge in [0.2, 0.25) is 0 Å². The molecule has 2 N–H and O–H groups in total. The Morgan fingerprint density at radius 1 is 1.21 bits per heavy atom. The van der Waals surface area contributed by atoms with Crippen LogP contribution in [0, 0.1) is 5.92 Å². The van der Waals surface area contributed by atoms with E-state index in [2.05, 4.69) is 17.6 Å². The van der Waals surface area contributed by atoms with E-state index in [4.69, 9.17) is 9.47 Å². The molecule has 6 heteroatoms. The number of methoxy groups -OCH3 is 1. The van der Waals surface area contributed by atoms with Crippen molar-refractivity contribution in [2.45, 2.75) is 24.8 Å². The molecule has 1 aliphatic heterocycles. The molecule has 2 aromatic carbocycles. The normalized spacial score (nSPS) is 24.4. The lowest BCUT2D eigenvalue weighted by molar-refractivity contribution is 0.0945. The van der Waals surface area contributed by atoms with Crippen molar-refractivity contribution in [1.29, 1.82) is 0 Å². The van der Waals surface area contributed by atoms with Crippen LogP contribution in [0.25, 0.3) is 0 Å². The van der Waals surface area contributed by atoms with Crippen LogP contribution in [0.5, 0.6) is 5.75 Å². The highest BCUT2D eigenvalue weighted by molar-refractivity contribution is 6.02. The second kappa shape index (κ2) is 7.52. The third kappa shape index (κ3) is 3.49. The van der Waals surface area contributed by atoms with Gasteiger partial charge in [0.15, 0.2) is 0 Å². The summed E-state index contributed by atoms with van der Waals surface area (Å²) in [5.41, 5.74) is 2.37. The SMILES string of the molecule is CNC(=O)c1cc(C(=O)N[C@@H]2C[C@H]2COC)cc2c1OC[C@]2(C)c1ccccc1. The molecule has 6 nitrogen and oxygen atoms in total. The fourth-order valence-electron chi connectivity index (χ4n) is 4.04. The third-order valence-electron chi connectivity index (χ3n) is 5.95. The summed E-state index contributed by atoms with van der Waals surface area (Å²) in [7, 11) is 3.24. The highest BCUT2D eigenvalue weighted by atomic mass is 16.5. The molecule has 1 fully saturated rings. The standard InChI is InChI=1S/C23H26N2O4/c1-23(16-7-5-4-6-8-16)13-29-20-17(22(27)24-2)9-14(10-18(20)23)21(26)25-19-11-15(19)12-28-3/h4-10,15,19H,11-13H2,1-3H3,(H,24,27)(H,25,26)/t15-,19+,23+/m0/s1. The Kier molecular flexibility index (Phi) is 5.04. The molecule has 4 rings (SSSR count). The molecule has 2 aliphatic rings. The lowest BCUT2D eigenvalue weighted by atomic mass is 9.77. The number of fused-ring (bicyclic) bond motifs is 1. The number of amides is 2. The van der Waals surface area contributed by atoms with E-state index < -0.39 is 5.41 Å². The summed E-state index contributed by atoms with van der Waals surface area (Å²) in [5.74, 6) is 0.464. The smallest absolute Gasteiger partial charge is 0.254 e. The van der Waals surface area contributed by atoms with Crippen molar-refractivity contribution in [1.82, 2.24) is 10.6 Å². The van der Waals surface area contributed by atoms with Crippen molar-refractivity contribution in [3.63, 3.8) is 0 Å². The predicted octanol–water partition coefficient (Wildman–Crippen LogP) is 2.51. The lowest BCUT2D eigenvalue weighted by Gasteiger charge is -2.24. The molecule has 1 saturated carbocycles. The molecule has 2 aromatic rings. The summed E-state index contributed by atoms with van der Waals surface area (Å²) in [6.45, 7) is 3.14. The van der Waals surface area contributed by atoms with Crippen molar-refractivity contribution in [2.75, 3.05) is 27.4 Å². The van der Waals surface area contributed by atoms with Gasteiger partial charge >= 0.3 is 0 Å². The minimum Gasteiger partial charge on any atom is -0.491 e. The van der Waals surface area contributed by atoms with Crippen molar-refractivity contribution < 1.29 is 19.1 Å². The summed E-state index contributed by atoms with van der Waals surface area (Å²) in [6, 6.07) is 13.6. The van der Waals surface area contributed by atoms with Crippen molar-refractivity contribution in [3.05, 3.63) is 64.7 Å². The number of hydrogen-bond acceptors (Lipinski definition) is 4. The second-order valence-corrected chi connectivity index (χ2v) is 8.00. The topological polar surface area (TPSA) is 76.7 Å². The van der Waals surface area contributed by atoms with Gasteiger partial charge in [0.05, 0.1) is 17.6 Å². The number of hydrogen-bond donors (Lipinski definition) is 2. The van der Waals surface area contributed by atoms with Crippen LogP contribution < -0.4 is 15.4 Å². The van der Waals surface area contributed by atoms with Gasteiger partial charge < -0.3 is 20.1 Å². The van der Waals surface area contributed by atoms with Gasteiger partial charge in [-0.1, -0.05) is 30.3 Å². The zero-order valence-corrected chi connectivity index (χ0v) is 17.0. The first-order chi connectivity index (χ1) is 14.0. The first kappa shape index (κ1) is 19.5. The molecule has 0 spiro atoms. The van der Waals surface area contributed by atoms with Crippen LogP contribution in [-0.2, 0) is 10.2 Å². The molecule has 0 radical (unpaired) electrons. The summed E-state index contributed by atoms with van der Waals surface area (Å²) in [4.78, 5) is 25.5. The fraction of sp³-hybridized carbons (Fsp3) is 0.391. The Morgan fingerprint density at radius 3 is 2.66 bits per heavy atom. The Bertz CT molecular complexity index is 943. The van der Waals surface area contributed by atoms with Gasteiger partial charge in [-0.05, 0) is 31.0 Å². The zero-order chi connectivity index (χ0) is 20.6. The minimum atomic E-state index is -0.437. The molecule has 0 bridgehead atoms. The third-order valence-corrected chi connectivity index (χ3v) is 5.95. The van der Waals surface area contributed by atoms with Gasteiger partial charge in [0.25, 0.3) is 11.8 Å². The molecule has 3 atom stereocenters. The maximum Gasteiger partial charge on any atom is 0.254 e. The molecule has 29 heavy (non-hydrogen) atoms. The Hall–Kier alpha value is -2.86. The first-order valence-corrected chi connectivity index (χ1v) is 9.86. The highest BCUT2D eigenvalue weighted by Gasteiger charge is 2.42. The number of carbonyl (C=O) groups is 2. The molecule has 0 saturated heterocycles. The van der Waals surface area contributed by atoms with E-state index in [0.717, 1.165) is 17.5 Å². The maximum absolute atomic E-state index is 12.9. The second-order valence-electron chi connectivity index (χ2n) is 8.00. The van der Waals surface area contributed by atoms with Gasteiger partial charge in [-0.25, -0.2) is 0 Å². The van der Waals surface area contributed by atoms with Gasteiger partial charge in [-0.15, -0.1) is 0 Å². The van der Waals surface area contributed by atoms with Crippen LogP contribution in [0.1, 0.15) is 45.2 Å². The Labute approximate surface area is 170 Å². The fourth-order valence-corrected chi connectivity index (χ4v) is 4.04. The van der Waals surface area contributed by atoms with Crippen LogP contribution in [0.2, 0.25) is 0 Å². The van der Waals surface area contributed by atoms with E-state index in [1.165, 1.54) is 0 Å². The summed E-state index contributed by atoms with van der Waals surface area (Å²) in [5, 5.41) is 5.71. The monoisotopic (exact) mass is 394 g/mol. The van der Waals surface area contributed by atoms with Crippen LogP contribution in [0.4, 0.5) is 0 Å². The van der Waals surface area contributed by atoms with Crippen LogP contribution in [0.3, 0.4) is 0 Å². The van der Waals surface area contributed by atoms with Crippen molar-refractivity contribution >= 4 is 11.8 Å². The van der Waals surface area contributed by atoms with E-state index in [9.17, 15) is 9.59 Å². The summed E-state index contributed by atoms with van der Waals surface area (Å²) < 4.78 is 11.2. The summed E-state index contributed by atoms with van der Waals surface area (Å²) >= 11 is 0. The average molecular weight is 394 g/mol. The molecular weight excluding hydrogens is 368 g/mol. The first-order valence-electron chi connectivity index (χ1n) is 9.86. The van der Waals surface area contributed by atoms with Crippen molar-refractivity contribution in [3.8, 4) is 5.75 Å². The number of ether oxygens (including phenoxy) is 2. The zero-order valence-electron chi connectivity index (χ0n) is 17.0. The van der Waals surface area contributed by atoms with E-state index >= 15 is 0 Å².